The fourth-order valence-corrected chi connectivity index (χ4v) is 3.05. The van der Waals surface area contributed by atoms with Gasteiger partial charge < -0.3 is 5.32 Å². The molecule has 0 unspecified atom stereocenters. The monoisotopic (exact) mass is 380 g/mol. The number of hydrogen-bond donors (Lipinski definition) is 1. The quantitative estimate of drug-likeness (QED) is 0.572. The van der Waals surface area contributed by atoms with Crippen molar-refractivity contribution >= 4 is 28.8 Å². The Morgan fingerprint density at radius 1 is 1.07 bits per heavy atom. The summed E-state index contributed by atoms with van der Waals surface area (Å²) in [5.41, 5.74) is 3.98. The average molecular weight is 381 g/mol. The highest BCUT2D eigenvalue weighted by atomic mass is 35.5. The van der Waals surface area contributed by atoms with Gasteiger partial charge in [0.1, 0.15) is 12.1 Å². The van der Waals surface area contributed by atoms with Crippen molar-refractivity contribution in [3.8, 4) is 11.1 Å². The van der Waals surface area contributed by atoms with Gasteiger partial charge in [0.15, 0.2) is 5.65 Å². The summed E-state index contributed by atoms with van der Waals surface area (Å²) in [4.78, 5) is 16.4. The van der Waals surface area contributed by atoms with Crippen LogP contribution in [-0.2, 0) is 11.2 Å². The molecule has 134 valence electrons. The van der Waals surface area contributed by atoms with Gasteiger partial charge in [-0.2, -0.15) is 5.10 Å². The Labute approximate surface area is 159 Å². The van der Waals surface area contributed by atoms with Crippen molar-refractivity contribution in [1.82, 2.24) is 14.6 Å². The lowest BCUT2D eigenvalue weighted by Crippen LogP contribution is -2.14. The maximum Gasteiger partial charge on any atom is 0.228 e. The van der Waals surface area contributed by atoms with Gasteiger partial charge in [0.05, 0.1) is 6.42 Å². The molecule has 4 rings (SSSR count). The van der Waals surface area contributed by atoms with Crippen LogP contribution in [0.15, 0.2) is 67.1 Å². The van der Waals surface area contributed by atoms with Crippen LogP contribution in [0.3, 0.4) is 0 Å². The van der Waals surface area contributed by atoms with Gasteiger partial charge in [-0.05, 0) is 47.0 Å². The molecule has 5 nitrogen and oxygen atoms in total. The number of halogens is 2. The largest absolute Gasteiger partial charge is 0.326 e. The van der Waals surface area contributed by atoms with E-state index in [2.05, 4.69) is 15.4 Å². The summed E-state index contributed by atoms with van der Waals surface area (Å²) in [6.07, 6.45) is 3.54. The first-order chi connectivity index (χ1) is 13.1. The summed E-state index contributed by atoms with van der Waals surface area (Å²) in [5, 5.41) is 6.96. The fourth-order valence-electron chi connectivity index (χ4n) is 2.83. The van der Waals surface area contributed by atoms with Crippen LogP contribution in [0.1, 0.15) is 5.56 Å². The van der Waals surface area contributed by atoms with E-state index in [1.807, 2.05) is 42.6 Å². The number of amides is 1. The normalized spacial score (nSPS) is 10.9. The zero-order valence-electron chi connectivity index (χ0n) is 14.1. The lowest BCUT2D eigenvalue weighted by molar-refractivity contribution is -0.115. The maximum atomic E-state index is 13.3. The van der Waals surface area contributed by atoms with Crippen LogP contribution >= 0.6 is 11.6 Å². The van der Waals surface area contributed by atoms with E-state index < -0.39 is 5.82 Å². The number of carbonyl (C=O) groups excluding carboxylic acids is 1. The Morgan fingerprint density at radius 2 is 1.89 bits per heavy atom. The molecule has 1 N–H and O–H groups in total. The lowest BCUT2D eigenvalue weighted by atomic mass is 10.0. The first-order valence-electron chi connectivity index (χ1n) is 8.21. The van der Waals surface area contributed by atoms with Crippen LogP contribution in [0.5, 0.6) is 0 Å². The molecule has 7 heteroatoms. The maximum absolute atomic E-state index is 13.3. The number of nitrogens with zero attached hydrogens (tertiary/aromatic N) is 3. The second-order valence-electron chi connectivity index (χ2n) is 6.06. The van der Waals surface area contributed by atoms with E-state index in [-0.39, 0.29) is 17.4 Å². The summed E-state index contributed by atoms with van der Waals surface area (Å²) < 4.78 is 15.0. The van der Waals surface area contributed by atoms with Crippen LogP contribution in [0, 0.1) is 5.82 Å². The number of carbonyl (C=O) groups is 1. The molecule has 0 aliphatic carbocycles. The second-order valence-corrected chi connectivity index (χ2v) is 6.49. The zero-order chi connectivity index (χ0) is 18.8. The summed E-state index contributed by atoms with van der Waals surface area (Å²) in [6.45, 7) is 0. The van der Waals surface area contributed by atoms with Gasteiger partial charge in [0.2, 0.25) is 5.91 Å². The molecule has 4 aromatic rings. The minimum absolute atomic E-state index is 0.178. The lowest BCUT2D eigenvalue weighted by Gasteiger charge is -2.07. The molecule has 0 atom stereocenters. The SMILES string of the molecule is O=C(Cc1ccc(-c2ccn3ncnc3c2)cc1)Nc1cc(F)cc(Cl)c1. The van der Waals surface area contributed by atoms with Crippen LogP contribution < -0.4 is 5.32 Å². The van der Waals surface area contributed by atoms with E-state index >= 15 is 0 Å². The Balaban J connectivity index is 1.46. The van der Waals surface area contributed by atoms with E-state index in [4.69, 9.17) is 11.6 Å². The number of pyridine rings is 1. The molecule has 2 aromatic heterocycles. The Kier molecular flexibility index (Phi) is 4.56. The van der Waals surface area contributed by atoms with Crippen molar-refractivity contribution in [1.29, 1.82) is 0 Å². The van der Waals surface area contributed by atoms with E-state index in [1.54, 1.807) is 4.52 Å². The van der Waals surface area contributed by atoms with Crippen molar-refractivity contribution in [2.75, 3.05) is 5.32 Å². The fraction of sp³-hybridized carbons (Fsp3) is 0.0500. The highest BCUT2D eigenvalue weighted by molar-refractivity contribution is 6.30. The van der Waals surface area contributed by atoms with Crippen LogP contribution in [-0.4, -0.2) is 20.5 Å². The molecule has 0 aliphatic rings. The third-order valence-electron chi connectivity index (χ3n) is 4.08. The molecule has 0 saturated carbocycles. The van der Waals surface area contributed by atoms with Crippen molar-refractivity contribution in [2.45, 2.75) is 6.42 Å². The Hall–Kier alpha value is -3.25. The molecular formula is C20H14ClFN4O. The first kappa shape index (κ1) is 17.2. The van der Waals surface area contributed by atoms with E-state index in [0.717, 1.165) is 22.3 Å². The Bertz CT molecular complexity index is 1100. The number of hydrogen-bond acceptors (Lipinski definition) is 3. The van der Waals surface area contributed by atoms with Gasteiger partial charge in [0.25, 0.3) is 0 Å². The minimum atomic E-state index is -0.494. The molecule has 0 radical (unpaired) electrons. The van der Waals surface area contributed by atoms with Crippen molar-refractivity contribution in [3.63, 3.8) is 0 Å². The molecule has 2 heterocycles. The number of fused-ring (bicyclic) bond motifs is 1. The van der Waals surface area contributed by atoms with Crippen molar-refractivity contribution in [3.05, 3.63) is 83.5 Å². The van der Waals surface area contributed by atoms with Gasteiger partial charge >= 0.3 is 0 Å². The summed E-state index contributed by atoms with van der Waals surface area (Å²) in [5.74, 6) is -0.735. The number of nitrogens with one attached hydrogen (secondary N) is 1. The number of rotatable bonds is 4. The standard InChI is InChI=1S/C20H14ClFN4O/c21-16-9-17(22)11-18(10-16)25-20(27)7-13-1-3-14(4-2-13)15-5-6-26-19(8-15)23-12-24-26/h1-6,8-12H,7H2,(H,25,27). The first-order valence-corrected chi connectivity index (χ1v) is 8.59. The number of anilines is 1. The molecule has 0 fully saturated rings. The molecule has 0 aliphatic heterocycles. The van der Waals surface area contributed by atoms with Gasteiger partial charge in [-0.15, -0.1) is 0 Å². The zero-order valence-corrected chi connectivity index (χ0v) is 14.8. The van der Waals surface area contributed by atoms with Crippen LogP contribution in [0.4, 0.5) is 10.1 Å². The van der Waals surface area contributed by atoms with Crippen LogP contribution in [0.2, 0.25) is 5.02 Å². The van der Waals surface area contributed by atoms with Crippen molar-refractivity contribution in [2.24, 2.45) is 0 Å². The van der Waals surface area contributed by atoms with E-state index in [9.17, 15) is 9.18 Å². The highest BCUT2D eigenvalue weighted by Crippen LogP contribution is 2.22. The average Bonchev–Trinajstić information content (AvgIpc) is 3.09. The van der Waals surface area contributed by atoms with Gasteiger partial charge in [0, 0.05) is 16.9 Å². The minimum Gasteiger partial charge on any atom is -0.326 e. The molecule has 27 heavy (non-hydrogen) atoms. The Morgan fingerprint density at radius 3 is 2.67 bits per heavy atom. The summed E-state index contributed by atoms with van der Waals surface area (Å²) in [7, 11) is 0. The third-order valence-corrected chi connectivity index (χ3v) is 4.30. The number of benzene rings is 2. The predicted molar refractivity (Wildman–Crippen MR) is 102 cm³/mol. The van der Waals surface area contributed by atoms with Gasteiger partial charge in [-0.25, -0.2) is 13.9 Å². The second kappa shape index (κ2) is 7.17. The topological polar surface area (TPSA) is 59.3 Å². The van der Waals surface area contributed by atoms with Gasteiger partial charge in [-0.3, -0.25) is 4.79 Å². The van der Waals surface area contributed by atoms with E-state index in [1.165, 1.54) is 24.5 Å². The smallest absolute Gasteiger partial charge is 0.228 e. The molecule has 0 bridgehead atoms. The summed E-state index contributed by atoms with van der Waals surface area (Å²) >= 11 is 5.80. The molecular weight excluding hydrogens is 367 g/mol. The summed E-state index contributed by atoms with van der Waals surface area (Å²) in [6, 6.07) is 15.5. The third kappa shape index (κ3) is 3.96. The molecule has 1 amide bonds. The molecule has 2 aromatic carbocycles. The highest BCUT2D eigenvalue weighted by Gasteiger charge is 2.07. The molecule has 0 saturated heterocycles. The number of aromatic nitrogens is 3. The predicted octanol–water partition coefficient (Wildman–Crippen LogP) is 4.37. The molecule has 0 spiro atoms. The van der Waals surface area contributed by atoms with Gasteiger partial charge in [-0.1, -0.05) is 35.9 Å². The van der Waals surface area contributed by atoms with Crippen molar-refractivity contribution < 1.29 is 9.18 Å². The van der Waals surface area contributed by atoms with E-state index in [0.29, 0.717) is 5.69 Å². The van der Waals surface area contributed by atoms with Crippen LogP contribution in [0.25, 0.3) is 16.8 Å².